The average Bonchev–Trinajstić information content (AvgIpc) is 2.06. The molecule has 0 bridgehead atoms. The normalized spacial score (nSPS) is 40.1. The summed E-state index contributed by atoms with van der Waals surface area (Å²) in [7, 11) is 0. The van der Waals surface area contributed by atoms with E-state index < -0.39 is 0 Å². The topological polar surface area (TPSA) is 23.5 Å². The van der Waals surface area contributed by atoms with Crippen LogP contribution in [0.1, 0.15) is 32.1 Å². The number of aliphatic hydroxyl groups excluding tert-OH is 1. The molecule has 2 aliphatic rings. The van der Waals surface area contributed by atoms with Crippen molar-refractivity contribution in [3.05, 3.63) is 0 Å². The van der Waals surface area contributed by atoms with E-state index in [9.17, 15) is 5.11 Å². The fourth-order valence-corrected chi connectivity index (χ4v) is 2.43. The van der Waals surface area contributed by atoms with Gasteiger partial charge in [0, 0.05) is 6.04 Å². The average molecular weight is 155 g/mol. The van der Waals surface area contributed by atoms with Gasteiger partial charge in [-0.05, 0) is 38.8 Å². The van der Waals surface area contributed by atoms with Gasteiger partial charge in [-0.2, -0.15) is 0 Å². The highest BCUT2D eigenvalue weighted by Crippen LogP contribution is 2.25. The van der Waals surface area contributed by atoms with Crippen LogP contribution in [0.4, 0.5) is 0 Å². The van der Waals surface area contributed by atoms with Crippen LogP contribution in [0.15, 0.2) is 0 Å². The van der Waals surface area contributed by atoms with Gasteiger partial charge >= 0.3 is 0 Å². The Hall–Kier alpha value is -0.0800. The largest absolute Gasteiger partial charge is 0.391 e. The van der Waals surface area contributed by atoms with Crippen molar-refractivity contribution < 1.29 is 5.11 Å². The maximum Gasteiger partial charge on any atom is 0.0695 e. The van der Waals surface area contributed by atoms with E-state index in [0.717, 1.165) is 6.42 Å². The molecule has 0 saturated carbocycles. The molecule has 0 amide bonds. The lowest BCUT2D eigenvalue weighted by Crippen LogP contribution is -2.50. The Morgan fingerprint density at radius 1 is 1.00 bits per heavy atom. The third-order valence-electron chi connectivity index (χ3n) is 3.05. The van der Waals surface area contributed by atoms with E-state index in [4.69, 9.17) is 0 Å². The van der Waals surface area contributed by atoms with Crippen LogP contribution in [0.25, 0.3) is 0 Å². The summed E-state index contributed by atoms with van der Waals surface area (Å²) in [4.78, 5) is 2.47. The van der Waals surface area contributed by atoms with Gasteiger partial charge in [0.25, 0.3) is 0 Å². The second-order valence-electron chi connectivity index (χ2n) is 3.81. The third kappa shape index (κ3) is 1.42. The van der Waals surface area contributed by atoms with Crippen LogP contribution in [0.5, 0.6) is 0 Å². The Morgan fingerprint density at radius 3 is 2.64 bits per heavy atom. The lowest BCUT2D eigenvalue weighted by molar-refractivity contribution is -0.00844. The van der Waals surface area contributed by atoms with Crippen molar-refractivity contribution in [2.24, 2.45) is 0 Å². The Labute approximate surface area is 68.2 Å². The Balaban J connectivity index is 1.99. The molecule has 0 aliphatic carbocycles. The number of hydrogen-bond acceptors (Lipinski definition) is 2. The van der Waals surface area contributed by atoms with E-state index in [1.165, 1.54) is 38.8 Å². The van der Waals surface area contributed by atoms with Gasteiger partial charge in [0.05, 0.1) is 6.10 Å². The second kappa shape index (κ2) is 3.11. The maximum atomic E-state index is 9.66. The summed E-state index contributed by atoms with van der Waals surface area (Å²) in [6.45, 7) is 2.45. The van der Waals surface area contributed by atoms with Gasteiger partial charge in [0.2, 0.25) is 0 Å². The van der Waals surface area contributed by atoms with Crippen molar-refractivity contribution in [3.63, 3.8) is 0 Å². The number of fused-ring (bicyclic) bond motifs is 1. The van der Waals surface area contributed by atoms with E-state index in [0.29, 0.717) is 6.04 Å². The van der Waals surface area contributed by atoms with Crippen LogP contribution in [-0.4, -0.2) is 35.2 Å². The third-order valence-corrected chi connectivity index (χ3v) is 3.05. The highest BCUT2D eigenvalue weighted by Gasteiger charge is 2.31. The first-order valence-corrected chi connectivity index (χ1v) is 4.80. The number of rotatable bonds is 0. The quantitative estimate of drug-likeness (QED) is 0.564. The van der Waals surface area contributed by atoms with Crippen molar-refractivity contribution in [3.8, 4) is 0 Å². The van der Waals surface area contributed by atoms with Crippen molar-refractivity contribution in [2.45, 2.75) is 44.2 Å². The molecule has 2 rings (SSSR count). The van der Waals surface area contributed by atoms with E-state index in [2.05, 4.69) is 4.90 Å². The fraction of sp³-hybridized carbons (Fsp3) is 1.00. The van der Waals surface area contributed by atoms with Gasteiger partial charge in [-0.3, -0.25) is 4.90 Å². The summed E-state index contributed by atoms with van der Waals surface area (Å²) < 4.78 is 0. The second-order valence-corrected chi connectivity index (χ2v) is 3.81. The minimum Gasteiger partial charge on any atom is -0.391 e. The van der Waals surface area contributed by atoms with Crippen molar-refractivity contribution in [1.82, 2.24) is 4.90 Å². The SMILES string of the molecule is O[C@@H]1CCCN2CCCCC12. The lowest BCUT2D eigenvalue weighted by Gasteiger charge is -2.42. The number of aliphatic hydroxyl groups is 1. The van der Waals surface area contributed by atoms with Crippen LogP contribution in [0.2, 0.25) is 0 Å². The fourth-order valence-electron chi connectivity index (χ4n) is 2.43. The summed E-state index contributed by atoms with van der Waals surface area (Å²) >= 11 is 0. The molecule has 0 aromatic heterocycles. The van der Waals surface area contributed by atoms with E-state index in [-0.39, 0.29) is 6.10 Å². The predicted molar refractivity (Wildman–Crippen MR) is 44.5 cm³/mol. The van der Waals surface area contributed by atoms with Crippen LogP contribution in [-0.2, 0) is 0 Å². The molecule has 2 saturated heterocycles. The molecule has 2 heteroatoms. The van der Waals surface area contributed by atoms with Crippen LogP contribution < -0.4 is 0 Å². The van der Waals surface area contributed by atoms with E-state index in [1.54, 1.807) is 0 Å². The summed E-state index contributed by atoms with van der Waals surface area (Å²) in [5, 5.41) is 9.66. The summed E-state index contributed by atoms with van der Waals surface area (Å²) in [5.74, 6) is 0. The predicted octanol–water partition coefficient (Wildman–Crippen LogP) is 0.996. The van der Waals surface area contributed by atoms with Crippen LogP contribution in [0, 0.1) is 0 Å². The molecule has 1 unspecified atom stereocenters. The van der Waals surface area contributed by atoms with Crippen molar-refractivity contribution in [1.29, 1.82) is 0 Å². The molecule has 2 heterocycles. The zero-order chi connectivity index (χ0) is 7.68. The Bertz CT molecular complexity index is 136. The molecule has 1 N–H and O–H groups in total. The Kier molecular flexibility index (Phi) is 2.14. The van der Waals surface area contributed by atoms with Crippen molar-refractivity contribution >= 4 is 0 Å². The molecule has 2 fully saturated rings. The summed E-state index contributed by atoms with van der Waals surface area (Å²) in [5.41, 5.74) is 0. The van der Waals surface area contributed by atoms with Crippen LogP contribution >= 0.6 is 0 Å². The first kappa shape index (κ1) is 7.56. The molecule has 2 atom stereocenters. The zero-order valence-electron chi connectivity index (χ0n) is 7.00. The van der Waals surface area contributed by atoms with E-state index >= 15 is 0 Å². The molecule has 2 nitrogen and oxygen atoms in total. The van der Waals surface area contributed by atoms with Gasteiger partial charge in [-0.25, -0.2) is 0 Å². The van der Waals surface area contributed by atoms with Gasteiger partial charge in [-0.1, -0.05) is 6.42 Å². The van der Waals surface area contributed by atoms with Gasteiger partial charge in [0.1, 0.15) is 0 Å². The molecule has 64 valence electrons. The monoisotopic (exact) mass is 155 g/mol. The summed E-state index contributed by atoms with van der Waals surface area (Å²) in [6, 6.07) is 0.512. The number of hydrogen-bond donors (Lipinski definition) is 1. The van der Waals surface area contributed by atoms with Gasteiger partial charge in [-0.15, -0.1) is 0 Å². The maximum absolute atomic E-state index is 9.66. The zero-order valence-corrected chi connectivity index (χ0v) is 7.00. The minimum atomic E-state index is -0.0240. The van der Waals surface area contributed by atoms with Gasteiger partial charge in [0.15, 0.2) is 0 Å². The molecule has 2 aliphatic heterocycles. The molecule has 0 radical (unpaired) electrons. The molecule has 0 spiro atoms. The first-order chi connectivity index (χ1) is 5.38. The highest BCUT2D eigenvalue weighted by atomic mass is 16.3. The number of piperidine rings is 2. The highest BCUT2D eigenvalue weighted by molar-refractivity contribution is 4.86. The molecular formula is C9H17NO. The van der Waals surface area contributed by atoms with Crippen LogP contribution in [0.3, 0.4) is 0 Å². The molecule has 0 aromatic rings. The first-order valence-electron chi connectivity index (χ1n) is 4.80. The molecule has 11 heavy (non-hydrogen) atoms. The Morgan fingerprint density at radius 2 is 1.82 bits per heavy atom. The minimum absolute atomic E-state index is 0.0240. The molecular weight excluding hydrogens is 138 g/mol. The standard InChI is InChI=1S/C9H17NO/c11-9-5-3-7-10-6-2-1-4-8(9)10/h8-9,11H,1-7H2/t8?,9-/m1/s1. The van der Waals surface area contributed by atoms with Gasteiger partial charge < -0.3 is 5.11 Å². The number of nitrogens with zero attached hydrogens (tertiary/aromatic N) is 1. The van der Waals surface area contributed by atoms with Crippen molar-refractivity contribution in [2.75, 3.05) is 13.1 Å². The smallest absolute Gasteiger partial charge is 0.0695 e. The van der Waals surface area contributed by atoms with E-state index in [1.807, 2.05) is 0 Å². The lowest BCUT2D eigenvalue weighted by atomic mass is 9.91. The summed E-state index contributed by atoms with van der Waals surface area (Å²) in [6.07, 6.45) is 6.07. The molecule has 0 aromatic carbocycles.